The second-order valence-corrected chi connectivity index (χ2v) is 4.70. The molecule has 2 rings (SSSR count). The van der Waals surface area contributed by atoms with Crippen molar-refractivity contribution in [1.29, 1.82) is 0 Å². The molecule has 1 unspecified atom stereocenters. The maximum atomic E-state index is 10.5. The van der Waals surface area contributed by atoms with Crippen molar-refractivity contribution in [1.82, 2.24) is 4.98 Å². The first kappa shape index (κ1) is 10.9. The van der Waals surface area contributed by atoms with Crippen molar-refractivity contribution < 1.29 is 9.53 Å². The van der Waals surface area contributed by atoms with Crippen LogP contribution in [0.4, 0.5) is 5.13 Å². The number of nitrogens with zero attached hydrogens (tertiary/aromatic N) is 1. The molecule has 4 nitrogen and oxygen atoms in total. The Morgan fingerprint density at radius 2 is 2.60 bits per heavy atom. The molecule has 0 saturated carbocycles. The fourth-order valence-corrected chi connectivity index (χ4v) is 2.44. The topological polar surface area (TPSA) is 51.2 Å². The third kappa shape index (κ3) is 2.68. The number of anilines is 1. The molecule has 6 heteroatoms. The number of hydrogen-bond acceptors (Lipinski definition) is 5. The Kier molecular flexibility index (Phi) is 3.56. The highest BCUT2D eigenvalue weighted by Crippen LogP contribution is 2.25. The molecule has 1 saturated heterocycles. The number of nitrogens with one attached hydrogen (secondary N) is 1. The molecular weight excluding hydrogens is 236 g/mol. The van der Waals surface area contributed by atoms with Gasteiger partial charge < -0.3 is 10.1 Å². The van der Waals surface area contributed by atoms with Crippen molar-refractivity contribution in [3.8, 4) is 0 Å². The SMILES string of the molecule is O=Cc1sc(NCC2CCCO2)nc1Cl. The normalized spacial score (nSPS) is 20.5. The van der Waals surface area contributed by atoms with Crippen LogP contribution in [0.1, 0.15) is 22.5 Å². The minimum absolute atomic E-state index is 0.257. The molecule has 0 amide bonds. The van der Waals surface area contributed by atoms with Crippen molar-refractivity contribution in [2.75, 3.05) is 18.5 Å². The number of aromatic nitrogens is 1. The van der Waals surface area contributed by atoms with E-state index in [1.807, 2.05) is 0 Å². The molecule has 0 aliphatic carbocycles. The minimum atomic E-state index is 0.257. The number of carbonyl (C=O) groups excluding carboxylic acids is 1. The fraction of sp³-hybridized carbons (Fsp3) is 0.556. The summed E-state index contributed by atoms with van der Waals surface area (Å²) in [4.78, 5) is 15.0. The maximum absolute atomic E-state index is 10.5. The van der Waals surface area contributed by atoms with Crippen molar-refractivity contribution in [3.63, 3.8) is 0 Å². The minimum Gasteiger partial charge on any atom is -0.376 e. The number of rotatable bonds is 4. The monoisotopic (exact) mass is 246 g/mol. The van der Waals surface area contributed by atoms with Gasteiger partial charge in [0.15, 0.2) is 16.6 Å². The first-order valence-electron chi connectivity index (χ1n) is 4.76. The first-order valence-corrected chi connectivity index (χ1v) is 5.96. The van der Waals surface area contributed by atoms with Gasteiger partial charge in [-0.2, -0.15) is 0 Å². The highest BCUT2D eigenvalue weighted by Gasteiger charge is 2.16. The van der Waals surface area contributed by atoms with Gasteiger partial charge in [-0.15, -0.1) is 0 Å². The molecule has 1 aliphatic heterocycles. The van der Waals surface area contributed by atoms with Crippen molar-refractivity contribution in [2.24, 2.45) is 0 Å². The van der Waals surface area contributed by atoms with Crippen LogP contribution in [0.25, 0.3) is 0 Å². The quantitative estimate of drug-likeness (QED) is 0.828. The van der Waals surface area contributed by atoms with E-state index < -0.39 is 0 Å². The van der Waals surface area contributed by atoms with E-state index in [2.05, 4.69) is 10.3 Å². The molecule has 1 N–H and O–H groups in total. The van der Waals surface area contributed by atoms with E-state index in [1.165, 1.54) is 11.3 Å². The molecule has 1 fully saturated rings. The number of aldehydes is 1. The predicted octanol–water partition coefficient (Wildman–Crippen LogP) is 2.20. The van der Waals surface area contributed by atoms with Gasteiger partial charge in [0.2, 0.25) is 0 Å². The number of carbonyl (C=O) groups is 1. The van der Waals surface area contributed by atoms with E-state index in [4.69, 9.17) is 16.3 Å². The van der Waals surface area contributed by atoms with Crippen LogP contribution in [-0.2, 0) is 4.74 Å². The van der Waals surface area contributed by atoms with Gasteiger partial charge in [0, 0.05) is 13.2 Å². The van der Waals surface area contributed by atoms with Gasteiger partial charge in [0.1, 0.15) is 4.88 Å². The first-order chi connectivity index (χ1) is 7.29. The third-order valence-corrected chi connectivity index (χ3v) is 3.56. The van der Waals surface area contributed by atoms with E-state index in [9.17, 15) is 4.79 Å². The molecule has 1 atom stereocenters. The van der Waals surface area contributed by atoms with Crippen LogP contribution in [0.2, 0.25) is 5.15 Å². The molecule has 2 heterocycles. The molecule has 1 aromatic heterocycles. The van der Waals surface area contributed by atoms with Crippen molar-refractivity contribution in [3.05, 3.63) is 10.0 Å². The van der Waals surface area contributed by atoms with Gasteiger partial charge in [-0.1, -0.05) is 22.9 Å². The second-order valence-electron chi connectivity index (χ2n) is 3.31. The lowest BCUT2D eigenvalue weighted by Gasteiger charge is -2.08. The highest BCUT2D eigenvalue weighted by molar-refractivity contribution is 7.17. The van der Waals surface area contributed by atoms with E-state index in [-0.39, 0.29) is 11.3 Å². The average Bonchev–Trinajstić information content (AvgIpc) is 2.83. The zero-order valence-electron chi connectivity index (χ0n) is 8.03. The molecule has 1 aliphatic rings. The fourth-order valence-electron chi connectivity index (χ4n) is 1.47. The van der Waals surface area contributed by atoms with Crippen LogP contribution in [-0.4, -0.2) is 30.5 Å². The predicted molar refractivity (Wildman–Crippen MR) is 60.0 cm³/mol. The third-order valence-electron chi connectivity index (χ3n) is 2.22. The molecule has 0 radical (unpaired) electrons. The van der Waals surface area contributed by atoms with Crippen LogP contribution >= 0.6 is 22.9 Å². The Labute approximate surface area is 96.6 Å². The lowest BCUT2D eigenvalue weighted by Crippen LogP contribution is -2.18. The molecule has 0 aromatic carbocycles. The smallest absolute Gasteiger partial charge is 0.184 e. The molecular formula is C9H11ClN2O2S. The van der Waals surface area contributed by atoms with Gasteiger partial charge >= 0.3 is 0 Å². The number of thiazole rings is 1. The summed E-state index contributed by atoms with van der Waals surface area (Å²) >= 11 is 7.00. The summed E-state index contributed by atoms with van der Waals surface area (Å²) in [7, 11) is 0. The lowest BCUT2D eigenvalue weighted by atomic mass is 10.2. The van der Waals surface area contributed by atoms with Crippen LogP contribution in [0.5, 0.6) is 0 Å². The van der Waals surface area contributed by atoms with Gasteiger partial charge in [-0.25, -0.2) is 4.98 Å². The largest absolute Gasteiger partial charge is 0.376 e. The molecule has 82 valence electrons. The van der Waals surface area contributed by atoms with Crippen LogP contribution in [0.3, 0.4) is 0 Å². The Morgan fingerprint density at radius 1 is 1.73 bits per heavy atom. The number of halogens is 1. The summed E-state index contributed by atoms with van der Waals surface area (Å²) < 4.78 is 5.45. The van der Waals surface area contributed by atoms with E-state index in [1.54, 1.807) is 0 Å². The number of hydrogen-bond donors (Lipinski definition) is 1. The van der Waals surface area contributed by atoms with Crippen molar-refractivity contribution >= 4 is 34.4 Å². The molecule has 1 aromatic rings. The summed E-state index contributed by atoms with van der Waals surface area (Å²) in [5, 5.41) is 4.07. The maximum Gasteiger partial charge on any atom is 0.184 e. The van der Waals surface area contributed by atoms with Crippen molar-refractivity contribution in [2.45, 2.75) is 18.9 Å². The van der Waals surface area contributed by atoms with Gasteiger partial charge in [-0.3, -0.25) is 4.79 Å². The average molecular weight is 247 g/mol. The van der Waals surface area contributed by atoms with E-state index in [0.717, 1.165) is 32.3 Å². The number of ether oxygens (including phenoxy) is 1. The zero-order chi connectivity index (χ0) is 10.7. The van der Waals surface area contributed by atoms with Gasteiger partial charge in [0.05, 0.1) is 6.10 Å². The van der Waals surface area contributed by atoms with Gasteiger partial charge in [-0.05, 0) is 12.8 Å². The molecule has 0 bridgehead atoms. The Morgan fingerprint density at radius 3 is 3.20 bits per heavy atom. The highest BCUT2D eigenvalue weighted by atomic mass is 35.5. The summed E-state index contributed by atoms with van der Waals surface area (Å²) in [6.07, 6.45) is 3.17. The summed E-state index contributed by atoms with van der Waals surface area (Å²) in [5.41, 5.74) is 0. The Bertz CT molecular complexity index is 350. The standard InChI is InChI=1S/C9H11ClN2O2S/c10-8-7(5-13)15-9(12-8)11-4-6-2-1-3-14-6/h5-6H,1-4H2,(H,11,12). The van der Waals surface area contributed by atoms with Crippen LogP contribution in [0, 0.1) is 0 Å². The van der Waals surface area contributed by atoms with E-state index >= 15 is 0 Å². The van der Waals surface area contributed by atoms with Crippen LogP contribution in [0.15, 0.2) is 0 Å². The zero-order valence-corrected chi connectivity index (χ0v) is 9.61. The summed E-state index contributed by atoms with van der Waals surface area (Å²) in [6.45, 7) is 1.56. The molecule has 0 spiro atoms. The molecule has 15 heavy (non-hydrogen) atoms. The summed E-state index contributed by atoms with van der Waals surface area (Å²) in [6, 6.07) is 0. The Balaban J connectivity index is 1.89. The van der Waals surface area contributed by atoms with E-state index in [0.29, 0.717) is 10.0 Å². The second kappa shape index (κ2) is 4.92. The van der Waals surface area contributed by atoms with Gasteiger partial charge in [0.25, 0.3) is 0 Å². The van der Waals surface area contributed by atoms with Crippen LogP contribution < -0.4 is 5.32 Å². The Hall–Kier alpha value is -0.650. The summed E-state index contributed by atoms with van der Waals surface area (Å²) in [5.74, 6) is 0. The lowest BCUT2D eigenvalue weighted by molar-refractivity contribution is 0.112.